The number of anilines is 1. The number of para-hydroxylation sites is 1. The number of rotatable bonds is 5. The number of aliphatic hydroxyl groups is 1. The van der Waals surface area contributed by atoms with Gasteiger partial charge < -0.3 is 15.2 Å². The Hall–Kier alpha value is -2.66. The SMILES string of the molecule is COc1ccc([C@@H](O)CNc2ncnc3ccccc23)cc1. The van der Waals surface area contributed by atoms with E-state index in [1.165, 1.54) is 6.33 Å². The molecular weight excluding hydrogens is 278 g/mol. The highest BCUT2D eigenvalue weighted by Gasteiger charge is 2.09. The zero-order valence-electron chi connectivity index (χ0n) is 12.2. The summed E-state index contributed by atoms with van der Waals surface area (Å²) in [5.74, 6) is 1.49. The van der Waals surface area contributed by atoms with Crippen molar-refractivity contribution in [3.63, 3.8) is 0 Å². The van der Waals surface area contributed by atoms with Crippen LogP contribution < -0.4 is 10.1 Å². The van der Waals surface area contributed by atoms with Gasteiger partial charge in [0, 0.05) is 11.9 Å². The smallest absolute Gasteiger partial charge is 0.137 e. The molecule has 0 bridgehead atoms. The van der Waals surface area contributed by atoms with E-state index in [-0.39, 0.29) is 0 Å². The van der Waals surface area contributed by atoms with Gasteiger partial charge in [-0.3, -0.25) is 0 Å². The average Bonchev–Trinajstić information content (AvgIpc) is 2.59. The number of fused-ring (bicyclic) bond motifs is 1. The Morgan fingerprint density at radius 3 is 2.64 bits per heavy atom. The molecule has 0 spiro atoms. The first-order chi connectivity index (χ1) is 10.8. The van der Waals surface area contributed by atoms with E-state index in [9.17, 15) is 5.11 Å². The second-order valence-corrected chi connectivity index (χ2v) is 4.91. The molecule has 22 heavy (non-hydrogen) atoms. The maximum absolute atomic E-state index is 10.3. The molecule has 0 saturated heterocycles. The van der Waals surface area contributed by atoms with Crippen molar-refractivity contribution in [3.05, 3.63) is 60.4 Å². The van der Waals surface area contributed by atoms with Crippen LogP contribution in [0.25, 0.3) is 10.9 Å². The summed E-state index contributed by atoms with van der Waals surface area (Å²) < 4.78 is 5.11. The number of aliphatic hydroxyl groups excluding tert-OH is 1. The normalized spacial score (nSPS) is 12.1. The Balaban J connectivity index is 1.73. The van der Waals surface area contributed by atoms with E-state index in [0.29, 0.717) is 6.54 Å². The van der Waals surface area contributed by atoms with Crippen molar-refractivity contribution in [1.82, 2.24) is 9.97 Å². The largest absolute Gasteiger partial charge is 0.497 e. The van der Waals surface area contributed by atoms with Gasteiger partial charge in [-0.15, -0.1) is 0 Å². The van der Waals surface area contributed by atoms with Crippen molar-refractivity contribution in [2.75, 3.05) is 19.0 Å². The lowest BCUT2D eigenvalue weighted by Crippen LogP contribution is -2.13. The Morgan fingerprint density at radius 1 is 1.09 bits per heavy atom. The number of nitrogens with one attached hydrogen (secondary N) is 1. The molecule has 2 N–H and O–H groups in total. The van der Waals surface area contributed by atoms with E-state index in [1.54, 1.807) is 7.11 Å². The van der Waals surface area contributed by atoms with Crippen molar-refractivity contribution in [3.8, 4) is 5.75 Å². The maximum Gasteiger partial charge on any atom is 0.137 e. The third-order valence-corrected chi connectivity index (χ3v) is 3.51. The fourth-order valence-corrected chi connectivity index (χ4v) is 2.28. The minimum Gasteiger partial charge on any atom is -0.497 e. The average molecular weight is 295 g/mol. The quantitative estimate of drug-likeness (QED) is 0.757. The number of hydrogen-bond acceptors (Lipinski definition) is 5. The summed E-state index contributed by atoms with van der Waals surface area (Å²) >= 11 is 0. The Kier molecular flexibility index (Phi) is 4.16. The summed E-state index contributed by atoms with van der Waals surface area (Å²) in [5.41, 5.74) is 1.70. The van der Waals surface area contributed by atoms with Gasteiger partial charge in [-0.25, -0.2) is 9.97 Å². The number of nitrogens with zero attached hydrogens (tertiary/aromatic N) is 2. The molecule has 112 valence electrons. The fourth-order valence-electron chi connectivity index (χ4n) is 2.28. The van der Waals surface area contributed by atoms with Crippen LogP contribution in [0, 0.1) is 0 Å². The highest BCUT2D eigenvalue weighted by molar-refractivity contribution is 5.88. The molecule has 2 aromatic carbocycles. The molecule has 3 aromatic rings. The van der Waals surface area contributed by atoms with Crippen LogP contribution >= 0.6 is 0 Å². The molecule has 1 aromatic heterocycles. The van der Waals surface area contributed by atoms with Crippen LogP contribution in [-0.4, -0.2) is 28.7 Å². The van der Waals surface area contributed by atoms with Gasteiger partial charge in [0.1, 0.15) is 17.9 Å². The molecule has 0 fully saturated rings. The topological polar surface area (TPSA) is 67.3 Å². The molecular formula is C17H17N3O2. The molecule has 0 radical (unpaired) electrons. The second-order valence-electron chi connectivity index (χ2n) is 4.91. The van der Waals surface area contributed by atoms with Gasteiger partial charge >= 0.3 is 0 Å². The van der Waals surface area contributed by atoms with Gasteiger partial charge in [-0.1, -0.05) is 24.3 Å². The highest BCUT2D eigenvalue weighted by atomic mass is 16.5. The van der Waals surface area contributed by atoms with Crippen molar-refractivity contribution >= 4 is 16.7 Å². The van der Waals surface area contributed by atoms with E-state index in [0.717, 1.165) is 28.0 Å². The molecule has 0 aliphatic rings. The van der Waals surface area contributed by atoms with Gasteiger partial charge in [0.2, 0.25) is 0 Å². The molecule has 0 amide bonds. The van der Waals surface area contributed by atoms with Gasteiger partial charge in [-0.2, -0.15) is 0 Å². The number of hydrogen-bond donors (Lipinski definition) is 2. The molecule has 0 saturated carbocycles. The monoisotopic (exact) mass is 295 g/mol. The van der Waals surface area contributed by atoms with Crippen molar-refractivity contribution in [2.24, 2.45) is 0 Å². The number of aromatic nitrogens is 2. The Labute approximate surface area is 128 Å². The third-order valence-electron chi connectivity index (χ3n) is 3.51. The second kappa shape index (κ2) is 6.41. The van der Waals surface area contributed by atoms with Crippen LogP contribution in [0.3, 0.4) is 0 Å². The van der Waals surface area contributed by atoms with Gasteiger partial charge in [0.25, 0.3) is 0 Å². The summed E-state index contributed by atoms with van der Waals surface area (Å²) in [6.07, 6.45) is 0.893. The van der Waals surface area contributed by atoms with E-state index < -0.39 is 6.10 Å². The van der Waals surface area contributed by atoms with Crippen molar-refractivity contribution in [2.45, 2.75) is 6.10 Å². The van der Waals surface area contributed by atoms with Crippen LogP contribution in [-0.2, 0) is 0 Å². The standard InChI is InChI=1S/C17H17N3O2/c1-22-13-8-6-12(7-9-13)16(21)10-18-17-14-4-2-3-5-15(14)19-11-20-17/h2-9,11,16,21H,10H2,1H3,(H,18,19,20)/t16-/m0/s1. The predicted molar refractivity (Wildman–Crippen MR) is 86.0 cm³/mol. The van der Waals surface area contributed by atoms with E-state index >= 15 is 0 Å². The fraction of sp³-hybridized carbons (Fsp3) is 0.176. The molecule has 0 aliphatic heterocycles. The molecule has 3 rings (SSSR count). The van der Waals surface area contributed by atoms with E-state index in [2.05, 4.69) is 15.3 Å². The highest BCUT2D eigenvalue weighted by Crippen LogP contribution is 2.21. The lowest BCUT2D eigenvalue weighted by atomic mass is 10.1. The van der Waals surface area contributed by atoms with Crippen LogP contribution in [0.15, 0.2) is 54.9 Å². The molecule has 1 atom stereocenters. The number of methoxy groups -OCH3 is 1. The Morgan fingerprint density at radius 2 is 1.86 bits per heavy atom. The summed E-state index contributed by atoms with van der Waals surface area (Å²) in [6, 6.07) is 15.1. The van der Waals surface area contributed by atoms with Gasteiger partial charge in [0.05, 0.1) is 18.7 Å². The van der Waals surface area contributed by atoms with Gasteiger partial charge in [0.15, 0.2) is 0 Å². The molecule has 5 nitrogen and oxygen atoms in total. The molecule has 0 unspecified atom stereocenters. The lowest BCUT2D eigenvalue weighted by molar-refractivity contribution is 0.191. The molecule has 5 heteroatoms. The molecule has 1 heterocycles. The first-order valence-electron chi connectivity index (χ1n) is 7.03. The van der Waals surface area contributed by atoms with E-state index in [1.807, 2.05) is 48.5 Å². The summed E-state index contributed by atoms with van der Waals surface area (Å²) in [6.45, 7) is 0.368. The zero-order valence-corrected chi connectivity index (χ0v) is 12.2. The summed E-state index contributed by atoms with van der Waals surface area (Å²) in [4.78, 5) is 8.47. The zero-order chi connectivity index (χ0) is 15.4. The number of ether oxygens (including phenoxy) is 1. The molecule has 0 aliphatic carbocycles. The number of benzene rings is 2. The van der Waals surface area contributed by atoms with Crippen molar-refractivity contribution in [1.29, 1.82) is 0 Å². The Bertz CT molecular complexity index is 754. The minimum atomic E-state index is -0.625. The predicted octanol–water partition coefficient (Wildman–Crippen LogP) is 2.78. The van der Waals surface area contributed by atoms with Crippen LogP contribution in [0.5, 0.6) is 5.75 Å². The van der Waals surface area contributed by atoms with Gasteiger partial charge in [-0.05, 0) is 29.8 Å². The van der Waals surface area contributed by atoms with E-state index in [4.69, 9.17) is 4.74 Å². The first-order valence-corrected chi connectivity index (χ1v) is 7.03. The van der Waals surface area contributed by atoms with Crippen LogP contribution in [0.1, 0.15) is 11.7 Å². The van der Waals surface area contributed by atoms with Crippen molar-refractivity contribution < 1.29 is 9.84 Å². The van der Waals surface area contributed by atoms with Crippen LogP contribution in [0.4, 0.5) is 5.82 Å². The van der Waals surface area contributed by atoms with Crippen LogP contribution in [0.2, 0.25) is 0 Å². The lowest BCUT2D eigenvalue weighted by Gasteiger charge is -2.14. The summed E-state index contributed by atoms with van der Waals surface area (Å²) in [7, 11) is 1.62. The summed E-state index contributed by atoms with van der Waals surface area (Å²) in [5, 5.41) is 14.4. The maximum atomic E-state index is 10.3. The third kappa shape index (κ3) is 2.99. The minimum absolute atomic E-state index is 0.368. The first kappa shape index (κ1) is 14.3.